The average Bonchev–Trinajstić information content (AvgIpc) is 3.29. The van der Waals surface area contributed by atoms with Crippen LogP contribution in [0, 0.1) is 17.3 Å². The highest BCUT2D eigenvalue weighted by Crippen LogP contribution is 2.48. The largest absolute Gasteiger partial charge is 0.481 e. The number of hydrogen-bond donors (Lipinski definition) is 2. The number of hydrogen-bond acceptors (Lipinski definition) is 7. The summed E-state index contributed by atoms with van der Waals surface area (Å²) in [6.07, 6.45) is -1.05. The molecule has 1 aromatic carbocycles. The van der Waals surface area contributed by atoms with Gasteiger partial charge in [0, 0.05) is 47.8 Å². The zero-order valence-electron chi connectivity index (χ0n) is 24.1. The van der Waals surface area contributed by atoms with Gasteiger partial charge in [-0.25, -0.2) is 9.97 Å². The molecule has 0 radical (unpaired) electrons. The normalized spacial score (nSPS) is 28.8. The maximum Gasteiger partial charge on any atom is 0.451 e. The maximum absolute atomic E-state index is 13.7. The van der Waals surface area contributed by atoms with Gasteiger partial charge < -0.3 is 19.8 Å². The topological polar surface area (TPSA) is 91.2 Å². The molecule has 3 aliphatic rings. The summed E-state index contributed by atoms with van der Waals surface area (Å²) in [5, 5.41) is 14.2. The van der Waals surface area contributed by atoms with Crippen LogP contribution in [0.2, 0.25) is 10.0 Å². The number of rotatable bonds is 7. The van der Waals surface area contributed by atoms with E-state index in [1.54, 1.807) is 25.1 Å². The van der Waals surface area contributed by atoms with Crippen LogP contribution in [0.1, 0.15) is 57.0 Å². The highest BCUT2D eigenvalue weighted by atomic mass is 35.5. The van der Waals surface area contributed by atoms with Gasteiger partial charge in [0.05, 0.1) is 37.6 Å². The molecule has 0 amide bonds. The van der Waals surface area contributed by atoms with Crippen LogP contribution in [0.3, 0.4) is 0 Å². The van der Waals surface area contributed by atoms with Gasteiger partial charge >= 0.3 is 12.1 Å². The predicted octanol–water partition coefficient (Wildman–Crippen LogP) is 7.13. The molecule has 3 fully saturated rings. The number of fused-ring (bicyclic) bond motifs is 1. The first-order valence-electron chi connectivity index (χ1n) is 14.4. The summed E-state index contributed by atoms with van der Waals surface area (Å²) in [4.78, 5) is 25.9. The van der Waals surface area contributed by atoms with Crippen LogP contribution < -0.4 is 10.2 Å². The van der Waals surface area contributed by atoms with Crippen LogP contribution in [-0.4, -0.2) is 69.8 Å². The van der Waals surface area contributed by atoms with E-state index in [0.29, 0.717) is 56.2 Å². The third kappa shape index (κ3) is 5.76. The van der Waals surface area contributed by atoms with Crippen molar-refractivity contribution in [3.8, 4) is 0 Å². The van der Waals surface area contributed by atoms with E-state index >= 15 is 0 Å². The van der Waals surface area contributed by atoms with E-state index < -0.39 is 29.4 Å². The molecule has 2 aromatic heterocycles. The van der Waals surface area contributed by atoms with Crippen molar-refractivity contribution < 1.29 is 27.6 Å². The number of piperidine rings is 1. The van der Waals surface area contributed by atoms with Gasteiger partial charge in [0.1, 0.15) is 10.5 Å². The van der Waals surface area contributed by atoms with Crippen LogP contribution in [0.25, 0.3) is 10.3 Å². The van der Waals surface area contributed by atoms with E-state index in [-0.39, 0.29) is 11.5 Å². The number of anilines is 2. The molecule has 2 N–H and O–H groups in total. The molecule has 8 nitrogen and oxygen atoms in total. The molecule has 4 heterocycles. The van der Waals surface area contributed by atoms with E-state index in [1.807, 2.05) is 6.92 Å². The Morgan fingerprint density at radius 2 is 1.93 bits per heavy atom. The van der Waals surface area contributed by atoms with Gasteiger partial charge in [0.2, 0.25) is 5.82 Å². The van der Waals surface area contributed by atoms with Gasteiger partial charge in [-0.3, -0.25) is 4.79 Å². The lowest BCUT2D eigenvalue weighted by Crippen LogP contribution is -2.66. The fourth-order valence-electron chi connectivity index (χ4n) is 7.02. The lowest BCUT2D eigenvalue weighted by Gasteiger charge is -2.56. The molecule has 2 aliphatic heterocycles. The number of nitrogens with one attached hydrogen (secondary N) is 1. The Morgan fingerprint density at radius 3 is 2.58 bits per heavy atom. The molecule has 2 saturated heterocycles. The molecule has 6 rings (SSSR count). The summed E-state index contributed by atoms with van der Waals surface area (Å²) in [7, 11) is 2.27. The molecule has 1 unspecified atom stereocenters. The molecule has 232 valence electrons. The number of alkyl halides is 3. The molecule has 14 heteroatoms. The Balaban J connectivity index is 1.18. The second kappa shape index (κ2) is 10.9. The van der Waals surface area contributed by atoms with Gasteiger partial charge in [-0.05, 0) is 44.4 Å². The molecule has 0 bridgehead atoms. The van der Waals surface area contributed by atoms with Crippen LogP contribution in [0.4, 0.5) is 24.1 Å². The second-order valence-electron chi connectivity index (χ2n) is 13.0. The van der Waals surface area contributed by atoms with Crippen molar-refractivity contribution in [2.75, 3.05) is 43.4 Å². The molecular weight excluding hydrogens is 624 g/mol. The number of carboxylic acid groups (broad SMARTS) is 1. The number of benzene rings is 1. The lowest BCUT2D eigenvalue weighted by atomic mass is 9.64. The lowest BCUT2D eigenvalue weighted by molar-refractivity contribution is -0.949. The first kappa shape index (κ1) is 30.6. The number of quaternary nitrogens is 1. The predicted molar refractivity (Wildman–Crippen MR) is 162 cm³/mol. The number of thiazole rings is 1. The number of likely N-dealkylation sites (tertiary alicyclic amines) is 1. The Bertz CT molecular complexity index is 1560. The maximum atomic E-state index is 13.7. The van der Waals surface area contributed by atoms with E-state index in [9.17, 15) is 23.1 Å². The van der Waals surface area contributed by atoms with Crippen LogP contribution in [0.5, 0.6) is 0 Å². The van der Waals surface area contributed by atoms with Crippen molar-refractivity contribution in [1.82, 2.24) is 15.0 Å². The van der Waals surface area contributed by atoms with Crippen molar-refractivity contribution in [3.63, 3.8) is 0 Å². The van der Waals surface area contributed by atoms with E-state index in [4.69, 9.17) is 23.2 Å². The summed E-state index contributed by atoms with van der Waals surface area (Å²) < 4.78 is 42.6. The van der Waals surface area contributed by atoms with Gasteiger partial charge in [-0.1, -0.05) is 40.6 Å². The van der Waals surface area contributed by atoms with E-state index in [2.05, 4.69) is 32.2 Å². The number of carboxylic acids is 1. The average molecular weight is 659 g/mol. The molecule has 1 saturated carbocycles. The third-order valence-electron chi connectivity index (χ3n) is 9.79. The van der Waals surface area contributed by atoms with Crippen molar-refractivity contribution in [2.24, 2.45) is 17.3 Å². The summed E-state index contributed by atoms with van der Waals surface area (Å²) >= 11 is 13.7. The molecular formula is C29H34Cl2F3N6O2S+. The van der Waals surface area contributed by atoms with E-state index in [1.165, 1.54) is 11.3 Å². The van der Waals surface area contributed by atoms with Gasteiger partial charge in [-0.15, -0.1) is 0 Å². The monoisotopic (exact) mass is 657 g/mol. The van der Waals surface area contributed by atoms with Crippen molar-refractivity contribution in [1.29, 1.82) is 0 Å². The van der Waals surface area contributed by atoms with Crippen LogP contribution in [-0.2, 0) is 11.0 Å². The molecule has 3 aromatic rings. The minimum atomic E-state index is -4.73. The first-order valence-corrected chi connectivity index (χ1v) is 16.0. The minimum Gasteiger partial charge on any atom is -0.481 e. The van der Waals surface area contributed by atoms with Crippen LogP contribution in [0.15, 0.2) is 18.2 Å². The van der Waals surface area contributed by atoms with Crippen molar-refractivity contribution in [2.45, 2.75) is 57.8 Å². The highest BCUT2D eigenvalue weighted by Gasteiger charge is 2.56. The standard InChI is InChI=1S/C29H33Cl2F3N6O2S/c1-15(20-7-6-18(30)9-21(20)31)35-23-22-24(37-25(36-23)29(32,33)34)38-27(43-22)39-12-17(13-39)16-5-4-8-40(3,14-16)19-10-28(2,11-19)26(41)42/h6-7,9,15-17,19H,4-5,8,10-14H2,1-3H3,(H-,35,36,37,41,42)/p+1/t15-,16+,19?,28?,40?/m1/s1. The van der Waals surface area contributed by atoms with Crippen molar-refractivity contribution in [3.05, 3.63) is 39.6 Å². The SMILES string of the molecule is C[C@@H](Nc1nc(C(F)(F)F)nc2nc(N3CC([C@H]4CCC[N+](C)(C5CC(C)(C(=O)O)C5)C4)C3)sc12)c1ccc(Cl)cc1Cl. The third-order valence-corrected chi connectivity index (χ3v) is 11.5. The van der Waals surface area contributed by atoms with Crippen molar-refractivity contribution >= 4 is 61.8 Å². The van der Waals surface area contributed by atoms with E-state index in [0.717, 1.165) is 43.5 Å². The number of aromatic nitrogens is 3. The number of carbonyl (C=O) groups is 1. The quantitative estimate of drug-likeness (QED) is 0.261. The summed E-state index contributed by atoms with van der Waals surface area (Å²) in [6, 6.07) is 4.92. The summed E-state index contributed by atoms with van der Waals surface area (Å²) in [5.41, 5.74) is 0.0746. The molecule has 1 aliphatic carbocycles. The fourth-order valence-corrected chi connectivity index (χ4v) is 8.57. The highest BCUT2D eigenvalue weighted by molar-refractivity contribution is 7.22. The second-order valence-corrected chi connectivity index (χ2v) is 14.8. The van der Waals surface area contributed by atoms with Crippen LogP contribution >= 0.6 is 34.5 Å². The zero-order valence-corrected chi connectivity index (χ0v) is 26.4. The Kier molecular flexibility index (Phi) is 7.75. The minimum absolute atomic E-state index is 0.0102. The summed E-state index contributed by atoms with van der Waals surface area (Å²) in [5.74, 6) is -0.921. The number of nitrogens with zero attached hydrogens (tertiary/aromatic N) is 5. The molecule has 43 heavy (non-hydrogen) atoms. The Labute approximate surface area is 261 Å². The first-order chi connectivity index (χ1) is 20.1. The fraction of sp³-hybridized carbons (Fsp3) is 0.586. The van der Waals surface area contributed by atoms with Gasteiger partial charge in [-0.2, -0.15) is 18.2 Å². The number of halogens is 5. The smallest absolute Gasteiger partial charge is 0.451 e. The Morgan fingerprint density at radius 1 is 1.21 bits per heavy atom. The van der Waals surface area contributed by atoms with Gasteiger partial charge in [0.25, 0.3) is 0 Å². The molecule has 0 spiro atoms. The zero-order chi connectivity index (χ0) is 30.9. The Hall–Kier alpha value is -2.41. The summed E-state index contributed by atoms with van der Waals surface area (Å²) in [6.45, 7) is 7.29. The number of aliphatic carboxylic acids is 1. The molecule has 3 atom stereocenters. The van der Waals surface area contributed by atoms with Gasteiger partial charge in [0.15, 0.2) is 10.8 Å².